The number of carbonyl (C=O) groups is 1. The lowest BCUT2D eigenvalue weighted by Gasteiger charge is -2.06. The third-order valence-corrected chi connectivity index (χ3v) is 2.15. The van der Waals surface area contributed by atoms with Gasteiger partial charge in [-0.25, -0.2) is 4.98 Å². The van der Waals surface area contributed by atoms with Gasteiger partial charge >= 0.3 is 5.97 Å². The number of pyridine rings is 1. The van der Waals surface area contributed by atoms with E-state index in [-0.39, 0.29) is 0 Å². The highest BCUT2D eigenvalue weighted by molar-refractivity contribution is 9.10. The van der Waals surface area contributed by atoms with E-state index in [2.05, 4.69) is 20.9 Å². The number of aliphatic carboxylic acids is 1. The normalized spacial score (nSPS) is 12.5. The largest absolute Gasteiger partial charge is 0.480 e. The summed E-state index contributed by atoms with van der Waals surface area (Å²) in [4.78, 5) is 14.3. The smallest absolute Gasteiger partial charge is 0.325 e. The lowest BCUT2D eigenvalue weighted by atomic mass is 10.1. The van der Waals surface area contributed by atoms with Gasteiger partial charge in [-0.1, -0.05) is 0 Å². The summed E-state index contributed by atoms with van der Waals surface area (Å²) in [6.45, 7) is 0. The zero-order chi connectivity index (χ0) is 10.0. The quantitative estimate of drug-likeness (QED) is 0.705. The van der Waals surface area contributed by atoms with Crippen LogP contribution in [0.4, 0.5) is 5.82 Å². The Balaban J connectivity index is 3.03. The molecule has 0 spiro atoms. The summed E-state index contributed by atoms with van der Waals surface area (Å²) in [5, 5.41) is 8.60. The first-order valence-corrected chi connectivity index (χ1v) is 4.21. The minimum atomic E-state index is -1.10. The Hall–Kier alpha value is -1.14. The summed E-state index contributed by atoms with van der Waals surface area (Å²) < 4.78 is 0.543. The van der Waals surface area contributed by atoms with Crippen LogP contribution >= 0.6 is 15.9 Å². The molecular formula is C7H8BrN3O2. The average Bonchev–Trinajstić information content (AvgIpc) is 2.08. The highest BCUT2D eigenvalue weighted by atomic mass is 79.9. The van der Waals surface area contributed by atoms with Crippen LogP contribution in [0, 0.1) is 0 Å². The van der Waals surface area contributed by atoms with E-state index in [4.69, 9.17) is 16.6 Å². The molecule has 0 saturated carbocycles. The number of anilines is 1. The first kappa shape index (κ1) is 9.94. The van der Waals surface area contributed by atoms with E-state index in [0.717, 1.165) is 0 Å². The van der Waals surface area contributed by atoms with Gasteiger partial charge in [0.25, 0.3) is 0 Å². The lowest BCUT2D eigenvalue weighted by Crippen LogP contribution is -2.20. The SMILES string of the molecule is Nc1ncc([C@H](N)C(=O)O)cc1Br. The maximum atomic E-state index is 10.5. The molecule has 0 aliphatic rings. The third kappa shape index (κ3) is 2.16. The Kier molecular flexibility index (Phi) is 2.84. The zero-order valence-corrected chi connectivity index (χ0v) is 8.15. The van der Waals surface area contributed by atoms with Crippen LogP contribution in [0.5, 0.6) is 0 Å². The number of hydrogen-bond acceptors (Lipinski definition) is 4. The van der Waals surface area contributed by atoms with Crippen molar-refractivity contribution in [3.63, 3.8) is 0 Å². The Bertz CT molecular complexity index is 343. The molecule has 0 radical (unpaired) electrons. The van der Waals surface area contributed by atoms with Crippen molar-refractivity contribution in [2.75, 3.05) is 5.73 Å². The predicted molar refractivity (Wildman–Crippen MR) is 50.9 cm³/mol. The minimum Gasteiger partial charge on any atom is -0.480 e. The molecular weight excluding hydrogens is 238 g/mol. The van der Waals surface area contributed by atoms with E-state index in [9.17, 15) is 4.79 Å². The Morgan fingerprint density at radius 3 is 2.77 bits per heavy atom. The molecule has 1 aromatic rings. The second kappa shape index (κ2) is 3.71. The van der Waals surface area contributed by atoms with Gasteiger partial charge < -0.3 is 16.6 Å². The van der Waals surface area contributed by atoms with Crippen LogP contribution in [-0.2, 0) is 4.79 Å². The summed E-state index contributed by atoms with van der Waals surface area (Å²) >= 11 is 3.13. The van der Waals surface area contributed by atoms with Crippen LogP contribution in [0.2, 0.25) is 0 Å². The summed E-state index contributed by atoms with van der Waals surface area (Å²) in [5.41, 5.74) is 11.2. The van der Waals surface area contributed by atoms with Crippen molar-refractivity contribution in [1.29, 1.82) is 0 Å². The molecule has 1 heterocycles. The van der Waals surface area contributed by atoms with Gasteiger partial charge in [0.2, 0.25) is 0 Å². The van der Waals surface area contributed by atoms with E-state index in [1.165, 1.54) is 6.20 Å². The number of halogens is 1. The summed E-state index contributed by atoms with van der Waals surface area (Å²) in [7, 11) is 0. The van der Waals surface area contributed by atoms with Crippen LogP contribution in [-0.4, -0.2) is 16.1 Å². The molecule has 13 heavy (non-hydrogen) atoms. The molecule has 0 bridgehead atoms. The van der Waals surface area contributed by atoms with Crippen molar-refractivity contribution in [2.24, 2.45) is 5.73 Å². The highest BCUT2D eigenvalue weighted by Crippen LogP contribution is 2.20. The molecule has 1 atom stereocenters. The van der Waals surface area contributed by atoms with Gasteiger partial charge in [0, 0.05) is 6.20 Å². The molecule has 0 fully saturated rings. The number of nitrogens with two attached hydrogens (primary N) is 2. The fraction of sp³-hybridized carbons (Fsp3) is 0.143. The van der Waals surface area contributed by atoms with Crippen LogP contribution in [0.15, 0.2) is 16.7 Å². The molecule has 0 unspecified atom stereocenters. The van der Waals surface area contributed by atoms with Gasteiger partial charge in [-0.3, -0.25) is 4.79 Å². The van der Waals surface area contributed by atoms with Crippen molar-refractivity contribution in [2.45, 2.75) is 6.04 Å². The van der Waals surface area contributed by atoms with Gasteiger partial charge in [-0.15, -0.1) is 0 Å². The molecule has 6 heteroatoms. The number of carboxylic acids is 1. The predicted octanol–water partition coefficient (Wildman–Crippen LogP) is 0.511. The van der Waals surface area contributed by atoms with E-state index in [1.807, 2.05) is 0 Å². The van der Waals surface area contributed by atoms with Gasteiger partial charge in [-0.2, -0.15) is 0 Å². The minimum absolute atomic E-state index is 0.307. The molecule has 0 aliphatic heterocycles. The van der Waals surface area contributed by atoms with Crippen molar-refractivity contribution in [3.8, 4) is 0 Å². The Labute approximate surface area is 82.9 Å². The van der Waals surface area contributed by atoms with Gasteiger partial charge in [0.15, 0.2) is 0 Å². The van der Waals surface area contributed by atoms with E-state index in [1.54, 1.807) is 6.07 Å². The van der Waals surface area contributed by atoms with Gasteiger partial charge in [0.1, 0.15) is 11.9 Å². The summed E-state index contributed by atoms with van der Waals surface area (Å²) in [6, 6.07) is 0.477. The Morgan fingerprint density at radius 1 is 1.69 bits per heavy atom. The van der Waals surface area contributed by atoms with E-state index >= 15 is 0 Å². The van der Waals surface area contributed by atoms with E-state index < -0.39 is 12.0 Å². The molecule has 0 aromatic carbocycles. The van der Waals surface area contributed by atoms with Gasteiger partial charge in [-0.05, 0) is 27.6 Å². The number of hydrogen-bond donors (Lipinski definition) is 3. The van der Waals surface area contributed by atoms with Crippen LogP contribution in [0.3, 0.4) is 0 Å². The van der Waals surface area contributed by atoms with Crippen molar-refractivity contribution < 1.29 is 9.90 Å². The number of rotatable bonds is 2. The first-order valence-electron chi connectivity index (χ1n) is 3.41. The molecule has 0 saturated heterocycles. The molecule has 0 amide bonds. The number of nitrogens with zero attached hydrogens (tertiary/aromatic N) is 1. The summed E-state index contributed by atoms with van der Waals surface area (Å²) in [6.07, 6.45) is 1.35. The Morgan fingerprint density at radius 2 is 2.31 bits per heavy atom. The van der Waals surface area contributed by atoms with Crippen LogP contribution in [0.1, 0.15) is 11.6 Å². The first-order chi connectivity index (χ1) is 6.02. The standard InChI is InChI=1S/C7H8BrN3O2/c8-4-1-3(2-11-6(4)10)5(9)7(12)13/h1-2,5H,9H2,(H2,10,11)(H,12,13)/t5-/m0/s1. The molecule has 5 N–H and O–H groups in total. The summed E-state index contributed by atoms with van der Waals surface area (Å²) in [5.74, 6) is -0.792. The van der Waals surface area contributed by atoms with Crippen molar-refractivity contribution in [3.05, 3.63) is 22.3 Å². The molecule has 1 rings (SSSR count). The number of nitrogen functional groups attached to an aromatic ring is 1. The third-order valence-electron chi connectivity index (χ3n) is 1.52. The second-order valence-corrected chi connectivity index (χ2v) is 3.31. The average molecular weight is 246 g/mol. The molecule has 70 valence electrons. The second-order valence-electron chi connectivity index (χ2n) is 2.45. The van der Waals surface area contributed by atoms with Crippen LogP contribution < -0.4 is 11.5 Å². The zero-order valence-electron chi connectivity index (χ0n) is 6.57. The maximum Gasteiger partial charge on any atom is 0.325 e. The highest BCUT2D eigenvalue weighted by Gasteiger charge is 2.15. The van der Waals surface area contributed by atoms with Gasteiger partial charge in [0.05, 0.1) is 4.47 Å². The fourth-order valence-electron chi connectivity index (χ4n) is 0.776. The monoisotopic (exact) mass is 245 g/mol. The molecule has 1 aromatic heterocycles. The lowest BCUT2D eigenvalue weighted by molar-refractivity contribution is -0.138. The van der Waals surface area contributed by atoms with Crippen molar-refractivity contribution in [1.82, 2.24) is 4.98 Å². The number of aromatic nitrogens is 1. The van der Waals surface area contributed by atoms with E-state index in [0.29, 0.717) is 15.9 Å². The van der Waals surface area contributed by atoms with Crippen molar-refractivity contribution >= 4 is 27.7 Å². The molecule has 5 nitrogen and oxygen atoms in total. The fourth-order valence-corrected chi connectivity index (χ4v) is 1.14. The van der Waals surface area contributed by atoms with Crippen LogP contribution in [0.25, 0.3) is 0 Å². The topological polar surface area (TPSA) is 102 Å². The number of carboxylic acid groups (broad SMARTS) is 1. The maximum absolute atomic E-state index is 10.5. The molecule has 0 aliphatic carbocycles.